The molecule has 0 bridgehead atoms. The van der Waals surface area contributed by atoms with Crippen LogP contribution in [0.15, 0.2) is 35.1 Å². The molecule has 1 aromatic carbocycles. The van der Waals surface area contributed by atoms with E-state index in [1.807, 2.05) is 34.8 Å². The maximum absolute atomic E-state index is 12.1. The Balaban J connectivity index is 1.71. The molecule has 3 heterocycles. The van der Waals surface area contributed by atoms with Crippen LogP contribution < -0.4 is 5.56 Å². The van der Waals surface area contributed by atoms with Gasteiger partial charge in [0, 0.05) is 6.07 Å². The summed E-state index contributed by atoms with van der Waals surface area (Å²) >= 11 is 0. The van der Waals surface area contributed by atoms with Crippen LogP contribution in [0, 0.1) is 5.92 Å². The lowest BCUT2D eigenvalue weighted by Gasteiger charge is -2.28. The summed E-state index contributed by atoms with van der Waals surface area (Å²) < 4.78 is 1.86. The van der Waals surface area contributed by atoms with Crippen LogP contribution in [0.25, 0.3) is 16.6 Å². The summed E-state index contributed by atoms with van der Waals surface area (Å²) in [7, 11) is 2.18. The van der Waals surface area contributed by atoms with Crippen molar-refractivity contribution >= 4 is 16.6 Å². The number of nitrogens with one attached hydrogen (secondary N) is 1. The van der Waals surface area contributed by atoms with E-state index in [0.29, 0.717) is 11.3 Å². The lowest BCUT2D eigenvalue weighted by Crippen LogP contribution is -2.31. The predicted molar refractivity (Wildman–Crippen MR) is 87.2 cm³/mol. The van der Waals surface area contributed by atoms with Crippen molar-refractivity contribution in [3.63, 3.8) is 0 Å². The van der Waals surface area contributed by atoms with Crippen LogP contribution in [-0.2, 0) is 6.42 Å². The first-order valence-electron chi connectivity index (χ1n) is 7.89. The number of rotatable bonds is 2. The highest BCUT2D eigenvalue weighted by Crippen LogP contribution is 2.21. The molecule has 0 radical (unpaired) electrons. The summed E-state index contributed by atoms with van der Waals surface area (Å²) in [6, 6.07) is 9.63. The number of likely N-dealkylation sites (tertiary alicyclic amines) is 1. The van der Waals surface area contributed by atoms with Crippen molar-refractivity contribution in [2.24, 2.45) is 5.92 Å². The van der Waals surface area contributed by atoms with Crippen molar-refractivity contribution in [1.29, 1.82) is 0 Å². The van der Waals surface area contributed by atoms with Gasteiger partial charge in [-0.3, -0.25) is 4.79 Å². The summed E-state index contributed by atoms with van der Waals surface area (Å²) in [6.45, 7) is 2.33. The molecule has 2 aromatic heterocycles. The largest absolute Gasteiger partial charge is 0.306 e. The summed E-state index contributed by atoms with van der Waals surface area (Å²) in [5.74, 6) is 0.694. The number of hydrogen-bond acceptors (Lipinski definition) is 3. The van der Waals surface area contributed by atoms with Gasteiger partial charge >= 0.3 is 0 Å². The van der Waals surface area contributed by atoms with E-state index in [-0.39, 0.29) is 5.56 Å². The van der Waals surface area contributed by atoms with Crippen molar-refractivity contribution in [2.45, 2.75) is 19.3 Å². The summed E-state index contributed by atoms with van der Waals surface area (Å²) in [5.41, 5.74) is 2.68. The van der Waals surface area contributed by atoms with E-state index in [1.54, 1.807) is 0 Å². The summed E-state index contributed by atoms with van der Waals surface area (Å²) in [5, 5.41) is 5.41. The number of H-pyrrole nitrogens is 1. The Morgan fingerprint density at radius 2 is 2.05 bits per heavy atom. The first-order chi connectivity index (χ1) is 10.7. The third-order valence-electron chi connectivity index (χ3n) is 4.71. The highest BCUT2D eigenvalue weighted by atomic mass is 16.1. The number of aromatic nitrogens is 3. The molecule has 1 fully saturated rings. The Hall–Kier alpha value is -2.14. The molecular formula is C17H20N4O. The fourth-order valence-corrected chi connectivity index (χ4v) is 3.40. The molecule has 0 amide bonds. The molecule has 114 valence electrons. The molecular weight excluding hydrogens is 276 g/mol. The Kier molecular flexibility index (Phi) is 3.22. The second-order valence-electron chi connectivity index (χ2n) is 6.35. The van der Waals surface area contributed by atoms with E-state index in [9.17, 15) is 4.79 Å². The standard InChI is InChI=1S/C17H20N4O/c1-20-8-6-12(7-9-20)10-13-11-16-18-17(22)14-4-2-3-5-15(14)21(16)19-13/h2-5,11-12H,6-10H2,1H3,(H,18,22). The topological polar surface area (TPSA) is 53.4 Å². The van der Waals surface area contributed by atoms with E-state index in [2.05, 4.69) is 16.9 Å². The molecule has 5 heteroatoms. The van der Waals surface area contributed by atoms with E-state index in [4.69, 9.17) is 5.10 Å². The molecule has 4 rings (SSSR count). The second-order valence-corrected chi connectivity index (χ2v) is 6.35. The van der Waals surface area contributed by atoms with Crippen molar-refractivity contribution in [3.8, 4) is 0 Å². The fourth-order valence-electron chi connectivity index (χ4n) is 3.40. The third kappa shape index (κ3) is 2.31. The van der Waals surface area contributed by atoms with Gasteiger partial charge in [0.1, 0.15) is 5.65 Å². The molecule has 3 aromatic rings. The minimum absolute atomic E-state index is 0.0474. The molecule has 0 atom stereocenters. The zero-order valence-electron chi connectivity index (χ0n) is 12.7. The predicted octanol–water partition coefficient (Wildman–Crippen LogP) is 2.06. The number of hydrogen-bond donors (Lipinski definition) is 1. The first-order valence-corrected chi connectivity index (χ1v) is 7.89. The number of fused-ring (bicyclic) bond motifs is 3. The lowest BCUT2D eigenvalue weighted by atomic mass is 9.92. The van der Waals surface area contributed by atoms with Crippen LogP contribution in [0.4, 0.5) is 0 Å². The van der Waals surface area contributed by atoms with E-state index in [0.717, 1.165) is 36.4 Å². The number of para-hydroxylation sites is 1. The van der Waals surface area contributed by atoms with Gasteiger partial charge in [0.05, 0.1) is 16.6 Å². The minimum Gasteiger partial charge on any atom is -0.306 e. The number of piperidine rings is 1. The van der Waals surface area contributed by atoms with Crippen molar-refractivity contribution in [1.82, 2.24) is 19.5 Å². The van der Waals surface area contributed by atoms with Crippen molar-refractivity contribution in [3.05, 3.63) is 46.4 Å². The van der Waals surface area contributed by atoms with Gasteiger partial charge in [0.25, 0.3) is 5.56 Å². The van der Waals surface area contributed by atoms with Crippen LogP contribution in [0.3, 0.4) is 0 Å². The molecule has 0 spiro atoms. The molecule has 0 aliphatic carbocycles. The Morgan fingerprint density at radius 1 is 1.27 bits per heavy atom. The molecule has 1 saturated heterocycles. The maximum Gasteiger partial charge on any atom is 0.259 e. The SMILES string of the molecule is CN1CCC(Cc2cc3[nH]c(=O)c4ccccc4n3n2)CC1. The monoisotopic (exact) mass is 296 g/mol. The highest BCUT2D eigenvalue weighted by Gasteiger charge is 2.18. The van der Waals surface area contributed by atoms with Gasteiger partial charge in [-0.1, -0.05) is 12.1 Å². The lowest BCUT2D eigenvalue weighted by molar-refractivity contribution is 0.218. The Labute approximate surface area is 128 Å². The number of aromatic amines is 1. The fraction of sp³-hybridized carbons (Fsp3) is 0.412. The van der Waals surface area contributed by atoms with Gasteiger partial charge in [-0.05, 0) is 57.5 Å². The average molecular weight is 296 g/mol. The highest BCUT2D eigenvalue weighted by molar-refractivity contribution is 5.79. The summed E-state index contributed by atoms with van der Waals surface area (Å²) in [6.07, 6.45) is 3.44. The van der Waals surface area contributed by atoms with Crippen LogP contribution >= 0.6 is 0 Å². The van der Waals surface area contributed by atoms with Gasteiger partial charge < -0.3 is 9.88 Å². The maximum atomic E-state index is 12.1. The van der Waals surface area contributed by atoms with Crippen LogP contribution in [0.2, 0.25) is 0 Å². The molecule has 5 nitrogen and oxygen atoms in total. The Bertz CT molecular complexity index is 871. The van der Waals surface area contributed by atoms with Crippen molar-refractivity contribution < 1.29 is 0 Å². The molecule has 0 unspecified atom stereocenters. The molecule has 1 aliphatic heterocycles. The molecule has 1 aliphatic rings. The second kappa shape index (κ2) is 5.25. The number of benzene rings is 1. The van der Waals surface area contributed by atoms with Gasteiger partial charge in [-0.15, -0.1) is 0 Å². The molecule has 22 heavy (non-hydrogen) atoms. The average Bonchev–Trinajstić information content (AvgIpc) is 2.92. The van der Waals surface area contributed by atoms with Crippen molar-refractivity contribution in [2.75, 3.05) is 20.1 Å². The van der Waals surface area contributed by atoms with E-state index >= 15 is 0 Å². The van der Waals surface area contributed by atoms with Gasteiger partial charge in [-0.25, -0.2) is 4.52 Å². The smallest absolute Gasteiger partial charge is 0.259 e. The normalized spacial score (nSPS) is 17.5. The van der Waals surface area contributed by atoms with E-state index < -0.39 is 0 Å². The minimum atomic E-state index is -0.0474. The number of nitrogens with zero attached hydrogens (tertiary/aromatic N) is 3. The Morgan fingerprint density at radius 3 is 2.86 bits per heavy atom. The van der Waals surface area contributed by atoms with Gasteiger partial charge in [0.15, 0.2) is 0 Å². The third-order valence-corrected chi connectivity index (χ3v) is 4.71. The molecule has 1 N–H and O–H groups in total. The zero-order chi connectivity index (χ0) is 15.1. The van der Waals surface area contributed by atoms with Crippen LogP contribution in [0.1, 0.15) is 18.5 Å². The molecule has 0 saturated carbocycles. The first kappa shape index (κ1) is 13.5. The zero-order valence-corrected chi connectivity index (χ0v) is 12.7. The van der Waals surface area contributed by atoms with Gasteiger partial charge in [-0.2, -0.15) is 5.10 Å². The quantitative estimate of drug-likeness (QED) is 0.787. The van der Waals surface area contributed by atoms with E-state index in [1.165, 1.54) is 12.8 Å². The van der Waals surface area contributed by atoms with Gasteiger partial charge in [0.2, 0.25) is 0 Å². The summed E-state index contributed by atoms with van der Waals surface area (Å²) in [4.78, 5) is 17.4. The van der Waals surface area contributed by atoms with Crippen LogP contribution in [0.5, 0.6) is 0 Å². The van der Waals surface area contributed by atoms with Crippen LogP contribution in [-0.4, -0.2) is 39.6 Å².